The number of carbonyl (C=O) groups is 1. The largest absolute Gasteiger partial charge is 0.300 e. The molecule has 32 heavy (non-hydrogen) atoms. The standard InChI is InChI=1S/C23H24N6OS2/c1-3-16(4-2)21-26-27-22(32-21)24-19(30)15-31-23-28-25-20(17-11-7-5-8-12-17)29(23)18-13-9-6-10-14-18/h5-14,16H,3-4,15H2,1-2H3,(H,24,27,30). The highest BCUT2D eigenvalue weighted by molar-refractivity contribution is 7.99. The molecule has 0 bridgehead atoms. The highest BCUT2D eigenvalue weighted by Crippen LogP contribution is 2.29. The van der Waals surface area contributed by atoms with Crippen LogP contribution in [0.2, 0.25) is 0 Å². The molecule has 0 spiro atoms. The number of para-hydroxylation sites is 1. The molecular weight excluding hydrogens is 440 g/mol. The second-order valence-electron chi connectivity index (χ2n) is 7.14. The van der Waals surface area contributed by atoms with Crippen LogP contribution in [0.4, 0.5) is 5.13 Å². The van der Waals surface area contributed by atoms with Crippen LogP contribution >= 0.6 is 23.1 Å². The second-order valence-corrected chi connectivity index (χ2v) is 9.09. The average molecular weight is 465 g/mol. The van der Waals surface area contributed by atoms with Gasteiger partial charge in [0.15, 0.2) is 11.0 Å². The number of anilines is 1. The van der Waals surface area contributed by atoms with E-state index >= 15 is 0 Å². The van der Waals surface area contributed by atoms with Crippen LogP contribution in [0.3, 0.4) is 0 Å². The fourth-order valence-electron chi connectivity index (χ4n) is 3.32. The van der Waals surface area contributed by atoms with Crippen molar-refractivity contribution in [2.75, 3.05) is 11.1 Å². The lowest BCUT2D eigenvalue weighted by Crippen LogP contribution is -2.14. The summed E-state index contributed by atoms with van der Waals surface area (Å²) >= 11 is 2.79. The number of nitrogens with zero attached hydrogens (tertiary/aromatic N) is 5. The van der Waals surface area contributed by atoms with Crippen molar-refractivity contribution in [3.05, 3.63) is 65.7 Å². The number of carbonyl (C=O) groups excluding carboxylic acids is 1. The molecule has 2 aromatic carbocycles. The minimum atomic E-state index is -0.147. The van der Waals surface area contributed by atoms with Gasteiger partial charge in [-0.25, -0.2) is 0 Å². The molecule has 0 aliphatic carbocycles. The van der Waals surface area contributed by atoms with Crippen LogP contribution in [0, 0.1) is 0 Å². The fraction of sp³-hybridized carbons (Fsp3) is 0.261. The van der Waals surface area contributed by atoms with Gasteiger partial charge < -0.3 is 0 Å². The molecule has 0 radical (unpaired) electrons. The second kappa shape index (κ2) is 10.5. The van der Waals surface area contributed by atoms with Crippen LogP contribution in [0.5, 0.6) is 0 Å². The third kappa shape index (κ3) is 5.05. The normalized spacial score (nSPS) is 11.1. The zero-order valence-corrected chi connectivity index (χ0v) is 19.6. The number of aromatic nitrogens is 5. The molecule has 4 rings (SSSR count). The number of benzene rings is 2. The van der Waals surface area contributed by atoms with Crippen molar-refractivity contribution in [1.82, 2.24) is 25.0 Å². The molecule has 0 aliphatic rings. The summed E-state index contributed by atoms with van der Waals surface area (Å²) in [7, 11) is 0. The molecule has 9 heteroatoms. The minimum Gasteiger partial charge on any atom is -0.300 e. The Hall–Kier alpha value is -3.04. The van der Waals surface area contributed by atoms with Gasteiger partial charge in [-0.05, 0) is 25.0 Å². The zero-order chi connectivity index (χ0) is 22.3. The lowest BCUT2D eigenvalue weighted by atomic mass is 10.1. The van der Waals surface area contributed by atoms with Gasteiger partial charge in [-0.15, -0.1) is 20.4 Å². The molecule has 2 heterocycles. The van der Waals surface area contributed by atoms with Gasteiger partial charge in [0.1, 0.15) is 5.01 Å². The van der Waals surface area contributed by atoms with E-state index in [4.69, 9.17) is 0 Å². The Morgan fingerprint density at radius 1 is 0.969 bits per heavy atom. The van der Waals surface area contributed by atoms with Gasteiger partial charge in [-0.2, -0.15) is 0 Å². The molecule has 2 aromatic heterocycles. The number of rotatable bonds is 9. The van der Waals surface area contributed by atoms with Gasteiger partial charge in [0, 0.05) is 17.2 Å². The molecule has 7 nitrogen and oxygen atoms in total. The lowest BCUT2D eigenvalue weighted by molar-refractivity contribution is -0.113. The maximum Gasteiger partial charge on any atom is 0.236 e. The van der Waals surface area contributed by atoms with Gasteiger partial charge in [-0.3, -0.25) is 14.7 Å². The van der Waals surface area contributed by atoms with Crippen LogP contribution in [0.1, 0.15) is 37.6 Å². The Balaban J connectivity index is 1.50. The summed E-state index contributed by atoms with van der Waals surface area (Å²) in [6, 6.07) is 19.8. The van der Waals surface area contributed by atoms with Gasteiger partial charge in [-0.1, -0.05) is 85.5 Å². The summed E-state index contributed by atoms with van der Waals surface area (Å²) in [6.45, 7) is 4.27. The molecule has 4 aromatic rings. The number of thioether (sulfide) groups is 1. The van der Waals surface area contributed by atoms with E-state index in [1.165, 1.54) is 23.1 Å². The number of hydrogen-bond donors (Lipinski definition) is 1. The predicted octanol–water partition coefficient (Wildman–Crippen LogP) is 5.42. The molecule has 164 valence electrons. The van der Waals surface area contributed by atoms with Gasteiger partial charge in [0.2, 0.25) is 11.0 Å². The third-order valence-corrected chi connectivity index (χ3v) is 6.96. The zero-order valence-electron chi connectivity index (χ0n) is 17.9. The quantitative estimate of drug-likeness (QED) is 0.333. The first kappa shape index (κ1) is 22.2. The van der Waals surface area contributed by atoms with Crippen molar-refractivity contribution in [2.24, 2.45) is 0 Å². The highest BCUT2D eigenvalue weighted by atomic mass is 32.2. The first-order valence-electron chi connectivity index (χ1n) is 10.5. The molecule has 0 saturated heterocycles. The summed E-state index contributed by atoms with van der Waals surface area (Å²) in [5.41, 5.74) is 1.90. The first-order chi connectivity index (χ1) is 15.7. The summed E-state index contributed by atoms with van der Waals surface area (Å²) in [5.74, 6) is 1.16. The first-order valence-corrected chi connectivity index (χ1v) is 12.3. The average Bonchev–Trinajstić information content (AvgIpc) is 3.47. The van der Waals surface area contributed by atoms with E-state index in [2.05, 4.69) is 39.6 Å². The third-order valence-electron chi connectivity index (χ3n) is 5.03. The van der Waals surface area contributed by atoms with Crippen molar-refractivity contribution in [3.63, 3.8) is 0 Å². The van der Waals surface area contributed by atoms with E-state index in [0.717, 1.165) is 34.9 Å². The van der Waals surface area contributed by atoms with Gasteiger partial charge in [0.25, 0.3) is 0 Å². The monoisotopic (exact) mass is 464 g/mol. The topological polar surface area (TPSA) is 85.6 Å². The maximum absolute atomic E-state index is 12.6. The smallest absolute Gasteiger partial charge is 0.236 e. The van der Waals surface area contributed by atoms with Gasteiger partial charge in [0.05, 0.1) is 5.75 Å². The summed E-state index contributed by atoms with van der Waals surface area (Å²) < 4.78 is 1.98. The van der Waals surface area contributed by atoms with Gasteiger partial charge >= 0.3 is 0 Å². The van der Waals surface area contributed by atoms with E-state index in [9.17, 15) is 4.79 Å². The molecular formula is C23H24N6OS2. The predicted molar refractivity (Wildman–Crippen MR) is 129 cm³/mol. The van der Waals surface area contributed by atoms with E-state index in [1.807, 2.05) is 65.2 Å². The Bertz CT molecular complexity index is 1160. The molecule has 0 unspecified atom stereocenters. The van der Waals surface area contributed by atoms with E-state index in [0.29, 0.717) is 16.2 Å². The molecule has 1 amide bonds. The van der Waals surface area contributed by atoms with Crippen molar-refractivity contribution in [3.8, 4) is 17.1 Å². The van der Waals surface area contributed by atoms with Crippen molar-refractivity contribution >= 4 is 34.1 Å². The molecule has 0 atom stereocenters. The van der Waals surface area contributed by atoms with Crippen molar-refractivity contribution in [2.45, 2.75) is 37.8 Å². The van der Waals surface area contributed by atoms with E-state index in [-0.39, 0.29) is 11.7 Å². The highest BCUT2D eigenvalue weighted by Gasteiger charge is 2.18. The fourth-order valence-corrected chi connectivity index (χ4v) is 5.10. The number of nitrogens with one attached hydrogen (secondary N) is 1. The van der Waals surface area contributed by atoms with E-state index < -0.39 is 0 Å². The van der Waals surface area contributed by atoms with Crippen LogP contribution in [0.15, 0.2) is 65.8 Å². The van der Waals surface area contributed by atoms with Crippen LogP contribution in [0.25, 0.3) is 17.1 Å². The van der Waals surface area contributed by atoms with Crippen LogP contribution in [-0.2, 0) is 4.79 Å². The van der Waals surface area contributed by atoms with Crippen molar-refractivity contribution < 1.29 is 4.79 Å². The SMILES string of the molecule is CCC(CC)c1nnc(NC(=O)CSc2nnc(-c3ccccc3)n2-c2ccccc2)s1. The maximum atomic E-state index is 12.6. The minimum absolute atomic E-state index is 0.147. The molecule has 0 saturated carbocycles. The molecule has 0 aliphatic heterocycles. The Morgan fingerprint density at radius 2 is 1.66 bits per heavy atom. The van der Waals surface area contributed by atoms with Crippen LogP contribution < -0.4 is 5.32 Å². The molecule has 1 N–H and O–H groups in total. The lowest BCUT2D eigenvalue weighted by Gasteiger charge is -2.10. The number of amides is 1. The summed E-state index contributed by atoms with van der Waals surface area (Å²) in [6.07, 6.45) is 2.02. The Morgan fingerprint density at radius 3 is 2.34 bits per heavy atom. The van der Waals surface area contributed by atoms with E-state index in [1.54, 1.807) is 0 Å². The Labute approximate surface area is 195 Å². The summed E-state index contributed by atoms with van der Waals surface area (Å²) in [4.78, 5) is 12.6. The van der Waals surface area contributed by atoms with Crippen molar-refractivity contribution in [1.29, 1.82) is 0 Å². The van der Waals surface area contributed by atoms with Crippen LogP contribution in [-0.4, -0.2) is 36.6 Å². The Kier molecular flexibility index (Phi) is 7.28. The number of hydrogen-bond acceptors (Lipinski definition) is 7. The summed E-state index contributed by atoms with van der Waals surface area (Å²) in [5, 5.41) is 22.2. The molecule has 0 fully saturated rings.